The summed E-state index contributed by atoms with van der Waals surface area (Å²) in [5.74, 6) is 0. The molecule has 0 radical (unpaired) electrons. The zero-order valence-corrected chi connectivity index (χ0v) is 15.0. The van der Waals surface area contributed by atoms with Gasteiger partial charge in [-0.15, -0.1) is 0 Å². The highest BCUT2D eigenvalue weighted by Gasteiger charge is 2.29. The molecule has 4 rings (SSSR count). The van der Waals surface area contributed by atoms with Crippen LogP contribution in [0.1, 0.15) is 0 Å². The Kier molecular flexibility index (Phi) is 6.18. The monoisotopic (exact) mass is 382 g/mol. The maximum Gasteiger partial charge on any atom is 0.151 e. The van der Waals surface area contributed by atoms with Gasteiger partial charge in [-0.3, -0.25) is 0 Å². The van der Waals surface area contributed by atoms with Gasteiger partial charge in [-0.1, -0.05) is 60.7 Å². The van der Waals surface area contributed by atoms with E-state index < -0.39 is 31.0 Å². The topological polar surface area (TPSA) is 118 Å². The first kappa shape index (κ1) is 20.1. The van der Waals surface area contributed by atoms with Crippen molar-refractivity contribution >= 4 is 38.6 Å². The summed E-state index contributed by atoms with van der Waals surface area (Å²) in [5, 5.41) is 51.7. The summed E-state index contributed by atoms with van der Waals surface area (Å²) in [4.78, 5) is 9.90. The Morgan fingerprint density at radius 1 is 0.679 bits per heavy atom. The van der Waals surface area contributed by atoms with Crippen LogP contribution in [0, 0.1) is 0 Å². The van der Waals surface area contributed by atoms with Crippen LogP contribution >= 0.6 is 0 Å². The average molecular weight is 382 g/mol. The van der Waals surface area contributed by atoms with Gasteiger partial charge in [0.1, 0.15) is 24.4 Å². The molecule has 6 nitrogen and oxygen atoms in total. The molecule has 0 aliphatic heterocycles. The molecule has 146 valence electrons. The second kappa shape index (κ2) is 8.60. The number of benzene rings is 4. The third-order valence-corrected chi connectivity index (χ3v) is 4.81. The molecule has 0 unspecified atom stereocenters. The number of hydrogen-bond acceptors (Lipinski definition) is 6. The van der Waals surface area contributed by atoms with Crippen LogP contribution in [0.5, 0.6) is 0 Å². The molecule has 0 saturated heterocycles. The smallest absolute Gasteiger partial charge is 0.151 e. The Bertz CT molecular complexity index is 933. The molecule has 0 aliphatic rings. The van der Waals surface area contributed by atoms with Crippen molar-refractivity contribution in [3.8, 4) is 0 Å². The molecule has 0 spiro atoms. The predicted octanol–water partition coefficient (Wildman–Crippen LogP) is 1.21. The molecule has 6 heteroatoms. The minimum absolute atomic E-state index is 0.0258. The summed E-state index contributed by atoms with van der Waals surface area (Å²) in [6.07, 6.45) is -6.84. The van der Waals surface area contributed by atoms with Gasteiger partial charge in [-0.2, -0.15) is 0 Å². The molecule has 0 fully saturated rings. The quantitative estimate of drug-likeness (QED) is 0.262. The van der Waals surface area contributed by atoms with Crippen molar-refractivity contribution < 1.29 is 30.3 Å². The number of aldehydes is 1. The van der Waals surface area contributed by atoms with Crippen LogP contribution in [-0.4, -0.2) is 62.8 Å². The molecule has 4 aromatic rings. The highest BCUT2D eigenvalue weighted by molar-refractivity contribution is 6.22. The Balaban J connectivity index is 0.000000170. The third kappa shape index (κ3) is 3.82. The van der Waals surface area contributed by atoms with Gasteiger partial charge in [0.05, 0.1) is 6.61 Å². The summed E-state index contributed by atoms with van der Waals surface area (Å²) in [6, 6.07) is 21.9. The van der Waals surface area contributed by atoms with Crippen LogP contribution in [0.2, 0.25) is 0 Å². The highest BCUT2D eigenvalue weighted by Crippen LogP contribution is 2.33. The Hall–Kier alpha value is -2.61. The molecule has 4 atom stereocenters. The average Bonchev–Trinajstić information content (AvgIpc) is 2.75. The first-order valence-electron chi connectivity index (χ1n) is 8.89. The summed E-state index contributed by atoms with van der Waals surface area (Å²) >= 11 is 0. The maximum atomic E-state index is 9.90. The molecule has 0 aliphatic carbocycles. The Morgan fingerprint density at radius 2 is 1.07 bits per heavy atom. The molecule has 0 saturated carbocycles. The van der Waals surface area contributed by atoms with E-state index in [1.807, 2.05) is 0 Å². The van der Waals surface area contributed by atoms with Gasteiger partial charge in [-0.05, 0) is 32.3 Å². The molecule has 0 amide bonds. The molecule has 0 bridgehead atoms. The summed E-state index contributed by atoms with van der Waals surface area (Å²) in [7, 11) is 0. The highest BCUT2D eigenvalue weighted by atomic mass is 16.4. The first-order chi connectivity index (χ1) is 13.5. The lowest BCUT2D eigenvalue weighted by Gasteiger charge is -2.22. The van der Waals surface area contributed by atoms with Crippen LogP contribution < -0.4 is 0 Å². The standard InChI is InChI=1S/C16H10.C6H12O6/c1-3-11-7-9-13-5-2-6-14-10-8-12(4-1)15(11)16(13)14;7-1-3(9)5(11)6(12)4(10)2-8/h1-10H;1,3-6,8-12H,2H2/t;3-,4-,5-,6-/m.1/s1. The van der Waals surface area contributed by atoms with Gasteiger partial charge in [0, 0.05) is 0 Å². The molecular weight excluding hydrogens is 360 g/mol. The Labute approximate surface area is 161 Å². The number of carbonyl (C=O) groups is 1. The van der Waals surface area contributed by atoms with Crippen molar-refractivity contribution in [2.24, 2.45) is 0 Å². The van der Waals surface area contributed by atoms with Crippen molar-refractivity contribution in [1.29, 1.82) is 0 Å². The van der Waals surface area contributed by atoms with Gasteiger partial charge in [0.2, 0.25) is 0 Å². The van der Waals surface area contributed by atoms with Crippen molar-refractivity contribution in [3.63, 3.8) is 0 Å². The lowest BCUT2D eigenvalue weighted by molar-refractivity contribution is -0.136. The minimum atomic E-state index is -1.79. The third-order valence-electron chi connectivity index (χ3n) is 4.81. The van der Waals surface area contributed by atoms with Crippen LogP contribution in [0.4, 0.5) is 0 Å². The fourth-order valence-electron chi connectivity index (χ4n) is 3.29. The van der Waals surface area contributed by atoms with E-state index in [2.05, 4.69) is 60.7 Å². The molecule has 28 heavy (non-hydrogen) atoms. The van der Waals surface area contributed by atoms with E-state index in [1.165, 1.54) is 32.3 Å². The number of rotatable bonds is 5. The first-order valence-corrected chi connectivity index (χ1v) is 8.89. The lowest BCUT2D eigenvalue weighted by Crippen LogP contribution is -2.46. The van der Waals surface area contributed by atoms with E-state index in [0.29, 0.717) is 0 Å². The van der Waals surface area contributed by atoms with Crippen molar-refractivity contribution in [3.05, 3.63) is 60.7 Å². The molecular formula is C22H22O6. The van der Waals surface area contributed by atoms with Crippen LogP contribution in [0.25, 0.3) is 32.3 Å². The van der Waals surface area contributed by atoms with Gasteiger partial charge in [0.15, 0.2) is 6.29 Å². The van der Waals surface area contributed by atoms with E-state index in [0.717, 1.165) is 0 Å². The molecule has 5 N–H and O–H groups in total. The maximum absolute atomic E-state index is 9.90. The SMILES string of the molecule is O=C[C@@H](O)[C@@H](O)[C@H](O)[C@H](O)CO.c1cc2ccc3cccc4ccc(c1)c2c34. The van der Waals surface area contributed by atoms with Gasteiger partial charge >= 0.3 is 0 Å². The van der Waals surface area contributed by atoms with Crippen molar-refractivity contribution in [2.45, 2.75) is 24.4 Å². The number of aliphatic hydroxyl groups excluding tert-OH is 5. The van der Waals surface area contributed by atoms with Crippen LogP contribution in [0.15, 0.2) is 60.7 Å². The zero-order valence-electron chi connectivity index (χ0n) is 15.0. The molecule has 0 aromatic heterocycles. The number of hydrogen-bond donors (Lipinski definition) is 5. The van der Waals surface area contributed by atoms with Gasteiger partial charge < -0.3 is 30.3 Å². The number of aliphatic hydroxyl groups is 5. The largest absolute Gasteiger partial charge is 0.394 e. The lowest BCUT2D eigenvalue weighted by atomic mass is 9.95. The van der Waals surface area contributed by atoms with Crippen molar-refractivity contribution in [2.75, 3.05) is 6.61 Å². The summed E-state index contributed by atoms with van der Waals surface area (Å²) < 4.78 is 0. The van der Waals surface area contributed by atoms with Crippen LogP contribution in [0.3, 0.4) is 0 Å². The van der Waals surface area contributed by atoms with E-state index in [-0.39, 0.29) is 6.29 Å². The van der Waals surface area contributed by atoms with Crippen LogP contribution in [-0.2, 0) is 4.79 Å². The zero-order chi connectivity index (χ0) is 20.3. The summed E-state index contributed by atoms with van der Waals surface area (Å²) in [6.45, 7) is -0.760. The van der Waals surface area contributed by atoms with Crippen molar-refractivity contribution in [1.82, 2.24) is 0 Å². The second-order valence-electron chi connectivity index (χ2n) is 6.65. The fraction of sp³-hybridized carbons (Fsp3) is 0.227. The molecule has 4 aromatic carbocycles. The second-order valence-corrected chi connectivity index (χ2v) is 6.65. The van der Waals surface area contributed by atoms with Gasteiger partial charge in [-0.25, -0.2) is 0 Å². The number of carbonyl (C=O) groups excluding carboxylic acids is 1. The van der Waals surface area contributed by atoms with E-state index in [9.17, 15) is 4.79 Å². The predicted molar refractivity (Wildman–Crippen MR) is 107 cm³/mol. The van der Waals surface area contributed by atoms with E-state index in [1.54, 1.807) is 0 Å². The normalized spacial score (nSPS) is 15.8. The minimum Gasteiger partial charge on any atom is -0.394 e. The van der Waals surface area contributed by atoms with Gasteiger partial charge in [0.25, 0.3) is 0 Å². The fourth-order valence-corrected chi connectivity index (χ4v) is 3.29. The Morgan fingerprint density at radius 3 is 1.39 bits per heavy atom. The van der Waals surface area contributed by atoms with E-state index in [4.69, 9.17) is 25.5 Å². The van der Waals surface area contributed by atoms with E-state index >= 15 is 0 Å². The molecule has 0 heterocycles. The summed E-state index contributed by atoms with van der Waals surface area (Å²) in [5.41, 5.74) is 0.